The van der Waals surface area contributed by atoms with Gasteiger partial charge in [-0.25, -0.2) is 0 Å². The molecule has 1 aliphatic rings. The Balaban J connectivity index is 2.24. The van der Waals surface area contributed by atoms with Gasteiger partial charge in [0, 0.05) is 13.8 Å². The minimum absolute atomic E-state index is 0.0670. The molecule has 1 saturated heterocycles. The van der Waals surface area contributed by atoms with Gasteiger partial charge >= 0.3 is 11.9 Å². The first-order valence-electron chi connectivity index (χ1n) is 4.15. The molecule has 0 aromatic heterocycles. The van der Waals surface area contributed by atoms with Crippen LogP contribution in [-0.4, -0.2) is 37.7 Å². The third-order valence-corrected chi connectivity index (χ3v) is 1.43. The van der Waals surface area contributed by atoms with Gasteiger partial charge in [0.25, 0.3) is 0 Å². The minimum Gasteiger partial charge on any atom is -0.433 e. The van der Waals surface area contributed by atoms with E-state index >= 15 is 0 Å². The lowest BCUT2D eigenvalue weighted by atomic mass is 10.5. The predicted octanol–water partition coefficient (Wildman–Crippen LogP) is -0.188. The number of carbonyl (C=O) groups excluding carboxylic acids is 2. The minimum atomic E-state index is -0.709. The van der Waals surface area contributed by atoms with Crippen LogP contribution < -0.4 is 0 Å². The lowest BCUT2D eigenvalue weighted by Crippen LogP contribution is -2.39. The Morgan fingerprint density at radius 3 is 1.57 bits per heavy atom. The molecule has 0 bridgehead atoms. The van der Waals surface area contributed by atoms with Gasteiger partial charge in [-0.3, -0.25) is 9.59 Å². The standard InChI is InChI=1S/C8H12O6/c1-5(9)13-7-3-12-8(4-11-7)14-6(2)10/h7-8H,3-4H2,1-2H3. The number of hydrogen-bond donors (Lipinski definition) is 0. The quantitative estimate of drug-likeness (QED) is 0.580. The Hall–Kier alpha value is -1.14. The number of ether oxygens (including phenoxy) is 4. The second kappa shape index (κ2) is 4.92. The van der Waals surface area contributed by atoms with Crippen LogP contribution in [0.5, 0.6) is 0 Å². The zero-order valence-corrected chi connectivity index (χ0v) is 8.02. The van der Waals surface area contributed by atoms with Crippen LogP contribution in [-0.2, 0) is 28.5 Å². The number of rotatable bonds is 2. The Kier molecular flexibility index (Phi) is 3.84. The first-order chi connectivity index (χ1) is 6.58. The Bertz CT molecular complexity index is 194. The van der Waals surface area contributed by atoms with E-state index in [2.05, 4.69) is 0 Å². The summed E-state index contributed by atoms with van der Waals surface area (Å²) in [7, 11) is 0. The van der Waals surface area contributed by atoms with E-state index in [0.717, 1.165) is 0 Å². The monoisotopic (exact) mass is 204 g/mol. The highest BCUT2D eigenvalue weighted by Gasteiger charge is 2.25. The van der Waals surface area contributed by atoms with E-state index in [1.807, 2.05) is 0 Å². The van der Waals surface area contributed by atoms with Crippen LogP contribution in [0.3, 0.4) is 0 Å². The van der Waals surface area contributed by atoms with E-state index in [1.165, 1.54) is 13.8 Å². The van der Waals surface area contributed by atoms with Crippen molar-refractivity contribution in [2.75, 3.05) is 13.2 Å². The smallest absolute Gasteiger partial charge is 0.305 e. The fourth-order valence-corrected chi connectivity index (χ4v) is 0.974. The summed E-state index contributed by atoms with van der Waals surface area (Å²) >= 11 is 0. The molecule has 0 aromatic rings. The first-order valence-corrected chi connectivity index (χ1v) is 4.15. The summed E-state index contributed by atoms with van der Waals surface area (Å²) < 4.78 is 19.5. The zero-order chi connectivity index (χ0) is 10.6. The fourth-order valence-electron chi connectivity index (χ4n) is 0.974. The molecule has 1 aliphatic heterocycles. The number of carbonyl (C=O) groups is 2. The van der Waals surface area contributed by atoms with E-state index in [-0.39, 0.29) is 13.2 Å². The second-order valence-corrected chi connectivity index (χ2v) is 2.74. The summed E-state index contributed by atoms with van der Waals surface area (Å²) in [4.78, 5) is 21.1. The zero-order valence-electron chi connectivity index (χ0n) is 8.02. The molecule has 0 amide bonds. The summed E-state index contributed by atoms with van der Waals surface area (Å²) in [5.74, 6) is -0.880. The van der Waals surface area contributed by atoms with E-state index in [9.17, 15) is 9.59 Å². The first kappa shape index (κ1) is 10.9. The summed E-state index contributed by atoms with van der Waals surface area (Å²) in [6, 6.07) is 0. The third-order valence-electron chi connectivity index (χ3n) is 1.43. The molecular formula is C8H12O6. The van der Waals surface area contributed by atoms with Crippen molar-refractivity contribution in [1.29, 1.82) is 0 Å². The molecule has 1 fully saturated rings. The van der Waals surface area contributed by atoms with Crippen molar-refractivity contribution in [2.45, 2.75) is 26.4 Å². The van der Waals surface area contributed by atoms with Gasteiger partial charge in [-0.15, -0.1) is 0 Å². The van der Waals surface area contributed by atoms with E-state index in [4.69, 9.17) is 18.9 Å². The van der Waals surface area contributed by atoms with Gasteiger partial charge in [0.05, 0.1) is 0 Å². The molecule has 2 unspecified atom stereocenters. The molecule has 0 N–H and O–H groups in total. The molecule has 0 saturated carbocycles. The highest BCUT2D eigenvalue weighted by Crippen LogP contribution is 2.09. The molecular weight excluding hydrogens is 192 g/mol. The largest absolute Gasteiger partial charge is 0.433 e. The molecule has 0 spiro atoms. The van der Waals surface area contributed by atoms with Crippen LogP contribution in [0.1, 0.15) is 13.8 Å². The summed E-state index contributed by atoms with van der Waals surface area (Å²) in [6.07, 6.45) is -1.42. The normalized spacial score (nSPS) is 26.7. The van der Waals surface area contributed by atoms with Gasteiger partial charge in [-0.05, 0) is 0 Å². The number of hydrogen-bond acceptors (Lipinski definition) is 6. The molecule has 6 heteroatoms. The van der Waals surface area contributed by atoms with Gasteiger partial charge in [0.1, 0.15) is 13.2 Å². The molecule has 0 radical (unpaired) electrons. The lowest BCUT2D eigenvalue weighted by Gasteiger charge is -2.27. The average Bonchev–Trinajstić information content (AvgIpc) is 2.06. The van der Waals surface area contributed by atoms with Gasteiger partial charge < -0.3 is 18.9 Å². The van der Waals surface area contributed by atoms with Crippen molar-refractivity contribution in [3.8, 4) is 0 Å². The van der Waals surface area contributed by atoms with Crippen molar-refractivity contribution >= 4 is 11.9 Å². The van der Waals surface area contributed by atoms with Crippen LogP contribution >= 0.6 is 0 Å². The third kappa shape index (κ3) is 3.71. The van der Waals surface area contributed by atoms with E-state index < -0.39 is 24.5 Å². The Morgan fingerprint density at radius 1 is 1.00 bits per heavy atom. The second-order valence-electron chi connectivity index (χ2n) is 2.74. The van der Waals surface area contributed by atoms with Crippen molar-refractivity contribution in [1.82, 2.24) is 0 Å². The topological polar surface area (TPSA) is 71.1 Å². The molecule has 1 rings (SSSR count). The Labute approximate surface area is 81.1 Å². The van der Waals surface area contributed by atoms with Crippen LogP contribution in [0.15, 0.2) is 0 Å². The maximum atomic E-state index is 10.5. The molecule has 80 valence electrons. The molecule has 0 aliphatic carbocycles. The van der Waals surface area contributed by atoms with Gasteiger partial charge in [-0.2, -0.15) is 0 Å². The molecule has 6 nitrogen and oxygen atoms in total. The maximum absolute atomic E-state index is 10.5. The summed E-state index contributed by atoms with van der Waals surface area (Å²) in [5, 5.41) is 0. The molecule has 1 heterocycles. The van der Waals surface area contributed by atoms with Crippen molar-refractivity contribution in [3.63, 3.8) is 0 Å². The summed E-state index contributed by atoms with van der Waals surface area (Å²) in [5.41, 5.74) is 0. The number of esters is 2. The van der Waals surface area contributed by atoms with Crippen LogP contribution in [0.25, 0.3) is 0 Å². The Morgan fingerprint density at radius 2 is 1.36 bits per heavy atom. The van der Waals surface area contributed by atoms with Crippen molar-refractivity contribution in [3.05, 3.63) is 0 Å². The van der Waals surface area contributed by atoms with E-state index in [0.29, 0.717) is 0 Å². The highest BCUT2D eigenvalue weighted by atomic mass is 16.8. The molecule has 0 aromatic carbocycles. The predicted molar refractivity (Wildman–Crippen MR) is 43.0 cm³/mol. The molecule has 2 atom stereocenters. The van der Waals surface area contributed by atoms with Gasteiger partial charge in [-0.1, -0.05) is 0 Å². The lowest BCUT2D eigenvalue weighted by molar-refractivity contribution is -0.275. The van der Waals surface area contributed by atoms with Gasteiger partial charge in [0.2, 0.25) is 12.6 Å². The average molecular weight is 204 g/mol. The van der Waals surface area contributed by atoms with Crippen LogP contribution in [0.2, 0.25) is 0 Å². The van der Waals surface area contributed by atoms with E-state index in [1.54, 1.807) is 0 Å². The van der Waals surface area contributed by atoms with Crippen molar-refractivity contribution in [2.24, 2.45) is 0 Å². The highest BCUT2D eigenvalue weighted by molar-refractivity contribution is 5.66. The summed E-state index contributed by atoms with van der Waals surface area (Å²) in [6.45, 7) is 2.69. The maximum Gasteiger partial charge on any atom is 0.305 e. The van der Waals surface area contributed by atoms with Crippen LogP contribution in [0.4, 0.5) is 0 Å². The van der Waals surface area contributed by atoms with Crippen molar-refractivity contribution < 1.29 is 28.5 Å². The van der Waals surface area contributed by atoms with Crippen LogP contribution in [0, 0.1) is 0 Å². The molecule has 14 heavy (non-hydrogen) atoms. The van der Waals surface area contributed by atoms with Gasteiger partial charge in [0.15, 0.2) is 0 Å². The SMILES string of the molecule is CC(=O)OC1COC(OC(C)=O)CO1. The fraction of sp³-hybridized carbons (Fsp3) is 0.750.